The monoisotopic (exact) mass is 335 g/mol. The van der Waals surface area contributed by atoms with Crippen LogP contribution in [0.1, 0.15) is 64.7 Å². The molecule has 1 unspecified atom stereocenters. The lowest BCUT2D eigenvalue weighted by Crippen LogP contribution is -2.22. The van der Waals surface area contributed by atoms with Gasteiger partial charge in [0.1, 0.15) is 6.10 Å². The van der Waals surface area contributed by atoms with Crippen molar-refractivity contribution in [1.29, 1.82) is 0 Å². The molecule has 0 aliphatic heterocycles. The largest absolute Gasteiger partial charge is 0.550 e. The fourth-order valence-electron chi connectivity index (χ4n) is 2.05. The van der Waals surface area contributed by atoms with Gasteiger partial charge < -0.3 is 9.90 Å². The van der Waals surface area contributed by atoms with E-state index in [1.807, 2.05) is 12.2 Å². The first kappa shape index (κ1) is 22.4. The zero-order valence-corrected chi connectivity index (χ0v) is 14.7. The highest BCUT2D eigenvalue weighted by Gasteiger charge is 2.03. The van der Waals surface area contributed by atoms with Crippen molar-refractivity contribution >= 4 is 5.97 Å². The van der Waals surface area contributed by atoms with Gasteiger partial charge in [-0.05, 0) is 44.9 Å². The lowest BCUT2D eigenvalue weighted by atomic mass is 10.1. The summed E-state index contributed by atoms with van der Waals surface area (Å²) in [5, 5.41) is 19.0. The average Bonchev–Trinajstić information content (AvgIpc) is 2.57. The van der Waals surface area contributed by atoms with Gasteiger partial charge in [0.05, 0.1) is 0 Å². The lowest BCUT2D eigenvalue weighted by molar-refractivity contribution is -0.306. The highest BCUT2D eigenvalue weighted by molar-refractivity contribution is 5.64. The highest BCUT2D eigenvalue weighted by Crippen LogP contribution is 2.05. The van der Waals surface area contributed by atoms with Crippen molar-refractivity contribution in [2.45, 2.75) is 70.8 Å². The van der Waals surface area contributed by atoms with Crippen LogP contribution in [0.3, 0.4) is 0 Å². The normalized spacial score (nSPS) is 13.8. The van der Waals surface area contributed by atoms with Gasteiger partial charge in [-0.3, -0.25) is 5.26 Å². The molecule has 0 heterocycles. The molecule has 0 aromatic rings. The van der Waals surface area contributed by atoms with Gasteiger partial charge in [0, 0.05) is 5.97 Å². The molecule has 0 bridgehead atoms. The van der Waals surface area contributed by atoms with Crippen LogP contribution in [0.4, 0.5) is 0 Å². The molecule has 0 spiro atoms. The minimum Gasteiger partial charge on any atom is -0.550 e. The van der Waals surface area contributed by atoms with E-state index in [9.17, 15) is 9.90 Å². The van der Waals surface area contributed by atoms with Gasteiger partial charge >= 0.3 is 0 Å². The summed E-state index contributed by atoms with van der Waals surface area (Å²) in [7, 11) is 0. The van der Waals surface area contributed by atoms with Crippen LogP contribution in [-0.4, -0.2) is 17.3 Å². The van der Waals surface area contributed by atoms with Gasteiger partial charge in [0.25, 0.3) is 0 Å². The Morgan fingerprint density at radius 1 is 1.04 bits per heavy atom. The molecule has 0 fully saturated rings. The van der Waals surface area contributed by atoms with Crippen LogP contribution < -0.4 is 5.11 Å². The number of allylic oxidation sites excluding steroid dienone is 7. The third-order valence-corrected chi connectivity index (χ3v) is 3.43. The Morgan fingerprint density at radius 2 is 1.75 bits per heavy atom. The Hall–Kier alpha value is -1.65. The van der Waals surface area contributed by atoms with E-state index in [0.29, 0.717) is 12.8 Å². The lowest BCUT2D eigenvalue weighted by Gasteiger charge is -2.08. The van der Waals surface area contributed by atoms with E-state index in [2.05, 4.69) is 36.1 Å². The number of carboxylic acid groups (broad SMARTS) is 1. The van der Waals surface area contributed by atoms with Crippen molar-refractivity contribution in [1.82, 2.24) is 0 Å². The van der Waals surface area contributed by atoms with E-state index in [-0.39, 0.29) is 6.42 Å². The molecule has 4 nitrogen and oxygen atoms in total. The zero-order chi connectivity index (χ0) is 17.9. The Bertz CT molecular complexity index is 408. The van der Waals surface area contributed by atoms with Crippen LogP contribution in [0, 0.1) is 0 Å². The minimum atomic E-state index is -1.09. The van der Waals surface area contributed by atoms with E-state index in [1.165, 1.54) is 25.7 Å². The fraction of sp³-hybridized carbons (Fsp3) is 0.550. The molecule has 0 aromatic carbocycles. The number of carbonyl (C=O) groups is 1. The van der Waals surface area contributed by atoms with E-state index >= 15 is 0 Å². The number of carboxylic acids is 1. The number of aliphatic carboxylic acids is 1. The van der Waals surface area contributed by atoms with Crippen LogP contribution in [0.25, 0.3) is 0 Å². The Labute approximate surface area is 146 Å². The number of hydrogen-bond acceptors (Lipinski definition) is 4. The average molecular weight is 335 g/mol. The van der Waals surface area contributed by atoms with Gasteiger partial charge in [-0.25, -0.2) is 4.89 Å². The Balaban J connectivity index is 3.74. The van der Waals surface area contributed by atoms with Crippen LogP contribution >= 0.6 is 0 Å². The second-order valence-corrected chi connectivity index (χ2v) is 5.63. The summed E-state index contributed by atoms with van der Waals surface area (Å²) >= 11 is 0. The summed E-state index contributed by atoms with van der Waals surface area (Å²) < 4.78 is 0. The number of carbonyl (C=O) groups excluding carboxylic acids is 1. The number of rotatable bonds is 15. The summed E-state index contributed by atoms with van der Waals surface area (Å²) in [4.78, 5) is 14.6. The molecule has 1 N–H and O–H groups in total. The smallest absolute Gasteiger partial charge is 0.111 e. The molecule has 0 aromatic heterocycles. The molecular weight excluding hydrogens is 304 g/mol. The van der Waals surface area contributed by atoms with Crippen LogP contribution in [0.2, 0.25) is 0 Å². The Kier molecular flexibility index (Phi) is 16.5. The van der Waals surface area contributed by atoms with E-state index in [4.69, 9.17) is 5.26 Å². The van der Waals surface area contributed by atoms with E-state index in [0.717, 1.165) is 12.8 Å². The first-order valence-corrected chi connectivity index (χ1v) is 8.84. The van der Waals surface area contributed by atoms with E-state index < -0.39 is 12.1 Å². The third-order valence-electron chi connectivity index (χ3n) is 3.43. The predicted molar refractivity (Wildman–Crippen MR) is 96.3 cm³/mol. The summed E-state index contributed by atoms with van der Waals surface area (Å²) in [6.07, 6.45) is 23.3. The molecule has 1 atom stereocenters. The highest BCUT2D eigenvalue weighted by atomic mass is 17.1. The van der Waals surface area contributed by atoms with Gasteiger partial charge in [-0.2, -0.15) is 0 Å². The first-order valence-electron chi connectivity index (χ1n) is 8.84. The van der Waals surface area contributed by atoms with Crippen LogP contribution in [-0.2, 0) is 9.68 Å². The van der Waals surface area contributed by atoms with Crippen molar-refractivity contribution in [2.24, 2.45) is 0 Å². The van der Waals surface area contributed by atoms with Gasteiger partial charge in [0.2, 0.25) is 0 Å². The summed E-state index contributed by atoms with van der Waals surface area (Å²) in [5.74, 6) is -1.09. The van der Waals surface area contributed by atoms with E-state index in [1.54, 1.807) is 12.2 Å². The summed E-state index contributed by atoms with van der Waals surface area (Å²) in [5.41, 5.74) is 0. The molecule has 0 saturated carbocycles. The van der Waals surface area contributed by atoms with Crippen LogP contribution in [0.15, 0.2) is 48.6 Å². The van der Waals surface area contributed by atoms with Crippen molar-refractivity contribution in [2.75, 3.05) is 0 Å². The molecule has 4 heteroatoms. The number of hydrogen-bond donors (Lipinski definition) is 1. The summed E-state index contributed by atoms with van der Waals surface area (Å²) in [6.45, 7) is 2.21. The molecule has 0 rings (SSSR count). The molecule has 0 saturated heterocycles. The minimum absolute atomic E-state index is 0.0264. The predicted octanol–water partition coefficient (Wildman–Crippen LogP) is 4.35. The first-order chi connectivity index (χ1) is 11.7. The third kappa shape index (κ3) is 16.7. The van der Waals surface area contributed by atoms with Crippen molar-refractivity contribution in [3.05, 3.63) is 48.6 Å². The molecule has 0 amide bonds. The van der Waals surface area contributed by atoms with Crippen molar-refractivity contribution < 1.29 is 20.0 Å². The van der Waals surface area contributed by atoms with Crippen LogP contribution in [0.5, 0.6) is 0 Å². The van der Waals surface area contributed by atoms with Crippen molar-refractivity contribution in [3.63, 3.8) is 0 Å². The standard InChI is InChI=1S/C20H32O4/c1-2-3-4-5-6-7-8-9-10-11-12-13-14-16-19(24-23)17-15-18-20(21)22/h6-7,9-10,12-14,16,19,23H,2-5,8,11,15,17-18H2,1H3,(H,21,22)/p-1/b7-6-,10-9-,13-12-,16-14+. The topological polar surface area (TPSA) is 69.6 Å². The molecule has 0 aliphatic rings. The van der Waals surface area contributed by atoms with Crippen molar-refractivity contribution in [3.8, 4) is 0 Å². The molecule has 136 valence electrons. The van der Waals surface area contributed by atoms with Gasteiger partial charge in [-0.1, -0.05) is 68.4 Å². The molecular formula is C20H31O4-. The fourth-order valence-corrected chi connectivity index (χ4v) is 2.05. The number of unbranched alkanes of at least 4 members (excludes halogenated alkanes) is 3. The maximum Gasteiger partial charge on any atom is 0.111 e. The second kappa shape index (κ2) is 17.7. The van der Waals surface area contributed by atoms with Gasteiger partial charge in [0.15, 0.2) is 0 Å². The maximum atomic E-state index is 10.3. The molecule has 0 aliphatic carbocycles. The molecule has 24 heavy (non-hydrogen) atoms. The quantitative estimate of drug-likeness (QED) is 0.159. The molecule has 0 radical (unpaired) electrons. The zero-order valence-electron chi connectivity index (χ0n) is 14.7. The maximum absolute atomic E-state index is 10.3. The second-order valence-electron chi connectivity index (χ2n) is 5.63. The Morgan fingerprint density at radius 3 is 2.42 bits per heavy atom. The SMILES string of the molecule is CCCCC/C=C\C/C=C\C/C=C\C=C\C(CCCC(=O)[O-])OO. The van der Waals surface area contributed by atoms with Gasteiger partial charge in [-0.15, -0.1) is 0 Å². The summed E-state index contributed by atoms with van der Waals surface area (Å²) in [6, 6.07) is 0.